The summed E-state index contributed by atoms with van der Waals surface area (Å²) in [5.74, 6) is -0.269. The minimum absolute atomic E-state index is 0.0457. The van der Waals surface area contributed by atoms with Gasteiger partial charge in [-0.25, -0.2) is 0 Å². The molecule has 0 saturated carbocycles. The van der Waals surface area contributed by atoms with E-state index in [1.807, 2.05) is 25.1 Å². The van der Waals surface area contributed by atoms with E-state index >= 15 is 0 Å². The van der Waals surface area contributed by atoms with E-state index in [1.165, 1.54) is 17.7 Å². The predicted molar refractivity (Wildman–Crippen MR) is 121 cm³/mol. The highest BCUT2D eigenvalue weighted by Gasteiger charge is 2.33. The number of carbonyl (C=O) groups is 1. The van der Waals surface area contributed by atoms with Gasteiger partial charge in [0.2, 0.25) is 0 Å². The van der Waals surface area contributed by atoms with E-state index in [-0.39, 0.29) is 23.7 Å². The van der Waals surface area contributed by atoms with Crippen LogP contribution in [0.2, 0.25) is 0 Å². The first kappa shape index (κ1) is 25.1. The van der Waals surface area contributed by atoms with Crippen molar-refractivity contribution in [2.75, 3.05) is 0 Å². The molecule has 4 nitrogen and oxygen atoms in total. The molecule has 0 radical (unpaired) electrons. The predicted octanol–water partition coefficient (Wildman–Crippen LogP) is 5.83. The molecule has 0 spiro atoms. The molecule has 1 aliphatic heterocycles. The normalized spacial score (nSPS) is 24.3. The average Bonchev–Trinajstić information content (AvgIpc) is 2.81. The fraction of sp³-hybridized carbons (Fsp3) is 0.500. The van der Waals surface area contributed by atoms with Gasteiger partial charge in [-0.15, -0.1) is 13.2 Å². The molecule has 0 amide bonds. The summed E-state index contributed by atoms with van der Waals surface area (Å²) >= 11 is 0. The Morgan fingerprint density at radius 3 is 2.39 bits per heavy atom. The summed E-state index contributed by atoms with van der Waals surface area (Å²) in [6.45, 7) is 1.89. The van der Waals surface area contributed by atoms with Crippen LogP contribution < -0.4 is 10.5 Å². The number of esters is 1. The maximum Gasteiger partial charge on any atom is 0.573 e. The van der Waals surface area contributed by atoms with Gasteiger partial charge in [0.25, 0.3) is 0 Å². The Bertz CT molecular complexity index is 871. The van der Waals surface area contributed by atoms with Gasteiger partial charge in [0.15, 0.2) is 0 Å². The fourth-order valence-corrected chi connectivity index (χ4v) is 4.68. The van der Waals surface area contributed by atoms with Crippen molar-refractivity contribution in [1.29, 1.82) is 0 Å². The SMILES string of the molecule is C[C@@H]1OC(=O)[C@@H](N)CCC[C@H](CCCc2ccccc2)[C@H]1Cc1ccc(OC(F)(F)F)cc1. The molecule has 0 bridgehead atoms. The lowest BCUT2D eigenvalue weighted by atomic mass is 9.77. The Balaban J connectivity index is 1.73. The topological polar surface area (TPSA) is 61.5 Å². The second-order valence-electron chi connectivity index (χ2n) is 8.88. The van der Waals surface area contributed by atoms with E-state index < -0.39 is 12.4 Å². The first-order chi connectivity index (χ1) is 15.7. The first-order valence-corrected chi connectivity index (χ1v) is 11.6. The fourth-order valence-electron chi connectivity index (χ4n) is 4.68. The van der Waals surface area contributed by atoms with Crippen molar-refractivity contribution >= 4 is 5.97 Å². The number of hydrogen-bond acceptors (Lipinski definition) is 4. The summed E-state index contributed by atoms with van der Waals surface area (Å²) in [7, 11) is 0. The van der Waals surface area contributed by atoms with Crippen LogP contribution in [-0.4, -0.2) is 24.5 Å². The van der Waals surface area contributed by atoms with Crippen LogP contribution in [0.25, 0.3) is 0 Å². The molecule has 7 heteroatoms. The Labute approximate surface area is 193 Å². The maximum absolute atomic E-state index is 12.5. The van der Waals surface area contributed by atoms with Crippen LogP contribution in [0, 0.1) is 11.8 Å². The lowest BCUT2D eigenvalue weighted by Crippen LogP contribution is -2.37. The van der Waals surface area contributed by atoms with Crippen LogP contribution in [0.4, 0.5) is 13.2 Å². The highest BCUT2D eigenvalue weighted by molar-refractivity contribution is 5.75. The second-order valence-corrected chi connectivity index (χ2v) is 8.88. The average molecular weight is 464 g/mol. The van der Waals surface area contributed by atoms with Crippen molar-refractivity contribution in [2.45, 2.75) is 70.4 Å². The van der Waals surface area contributed by atoms with E-state index in [9.17, 15) is 18.0 Å². The largest absolute Gasteiger partial charge is 0.573 e. The van der Waals surface area contributed by atoms with Crippen LogP contribution in [0.15, 0.2) is 54.6 Å². The number of alkyl halides is 3. The number of aryl methyl sites for hydroxylation is 1. The van der Waals surface area contributed by atoms with Gasteiger partial charge in [-0.1, -0.05) is 48.9 Å². The monoisotopic (exact) mass is 463 g/mol. The first-order valence-electron chi connectivity index (χ1n) is 11.6. The number of rotatable bonds is 7. The number of nitrogens with two attached hydrogens (primary N) is 1. The number of cyclic esters (lactones) is 1. The standard InChI is InChI=1S/C26H32F3NO3/c1-18-23(17-20-13-15-22(16-14-20)33-26(27,28)29)21(11-6-12-24(30)25(31)32-18)10-5-9-19-7-3-2-4-8-19/h2-4,7-8,13-16,18,21,23-24H,5-6,9-12,17,30H2,1H3/t18-,21-,23-,24-/m0/s1. The molecule has 0 aromatic heterocycles. The molecular formula is C26H32F3NO3. The van der Waals surface area contributed by atoms with Crippen LogP contribution in [0.5, 0.6) is 5.75 Å². The number of halogens is 3. The number of carbonyl (C=O) groups excluding carboxylic acids is 1. The molecule has 0 aliphatic carbocycles. The number of benzene rings is 2. The van der Waals surface area contributed by atoms with Gasteiger partial charge in [-0.2, -0.15) is 0 Å². The Kier molecular flexibility index (Phi) is 8.78. The highest BCUT2D eigenvalue weighted by atomic mass is 19.4. The highest BCUT2D eigenvalue weighted by Crippen LogP contribution is 2.34. The molecule has 1 aliphatic rings. The Hall–Kier alpha value is -2.54. The van der Waals surface area contributed by atoms with Crippen LogP contribution in [0.3, 0.4) is 0 Å². The van der Waals surface area contributed by atoms with E-state index in [0.717, 1.165) is 37.7 Å². The van der Waals surface area contributed by atoms with Crippen LogP contribution in [-0.2, 0) is 22.4 Å². The third kappa shape index (κ3) is 8.07. The summed E-state index contributed by atoms with van der Waals surface area (Å²) in [5, 5.41) is 0. The van der Waals surface area contributed by atoms with Gasteiger partial charge in [0.1, 0.15) is 17.9 Å². The third-order valence-electron chi connectivity index (χ3n) is 6.41. The molecular weight excluding hydrogens is 431 g/mol. The summed E-state index contributed by atoms with van der Waals surface area (Å²) in [6, 6.07) is 15.6. The van der Waals surface area contributed by atoms with Crippen molar-refractivity contribution in [3.63, 3.8) is 0 Å². The second kappa shape index (κ2) is 11.5. The smallest absolute Gasteiger partial charge is 0.461 e. The van der Waals surface area contributed by atoms with Gasteiger partial charge < -0.3 is 15.2 Å². The van der Waals surface area contributed by atoms with Crippen LogP contribution >= 0.6 is 0 Å². The molecule has 2 aromatic carbocycles. The van der Waals surface area contributed by atoms with Crippen molar-refractivity contribution in [3.8, 4) is 5.75 Å². The van der Waals surface area contributed by atoms with E-state index in [4.69, 9.17) is 10.5 Å². The third-order valence-corrected chi connectivity index (χ3v) is 6.41. The summed E-state index contributed by atoms with van der Waals surface area (Å²) < 4.78 is 47.1. The molecule has 4 atom stereocenters. The molecule has 33 heavy (non-hydrogen) atoms. The number of hydrogen-bond donors (Lipinski definition) is 1. The summed E-state index contributed by atoms with van der Waals surface area (Å²) in [6.07, 6.45) is 0.878. The molecule has 180 valence electrons. The van der Waals surface area contributed by atoms with Crippen molar-refractivity contribution in [1.82, 2.24) is 0 Å². The Morgan fingerprint density at radius 2 is 1.73 bits per heavy atom. The lowest BCUT2D eigenvalue weighted by molar-refractivity contribution is -0.274. The summed E-state index contributed by atoms with van der Waals surface area (Å²) in [5.41, 5.74) is 8.16. The van der Waals surface area contributed by atoms with Crippen molar-refractivity contribution in [2.24, 2.45) is 17.6 Å². The van der Waals surface area contributed by atoms with Gasteiger partial charge >= 0.3 is 12.3 Å². The maximum atomic E-state index is 12.5. The Morgan fingerprint density at radius 1 is 1.03 bits per heavy atom. The molecule has 1 saturated heterocycles. The van der Waals surface area contributed by atoms with Gasteiger partial charge in [-0.3, -0.25) is 4.79 Å². The van der Waals surface area contributed by atoms with E-state index in [2.05, 4.69) is 16.9 Å². The van der Waals surface area contributed by atoms with Gasteiger partial charge in [0, 0.05) is 5.92 Å². The molecule has 2 N–H and O–H groups in total. The van der Waals surface area contributed by atoms with E-state index in [0.29, 0.717) is 18.8 Å². The summed E-state index contributed by atoms with van der Waals surface area (Å²) in [4.78, 5) is 12.3. The van der Waals surface area contributed by atoms with Gasteiger partial charge in [0.05, 0.1) is 0 Å². The molecule has 1 heterocycles. The van der Waals surface area contributed by atoms with Crippen molar-refractivity contribution < 1.29 is 27.4 Å². The van der Waals surface area contributed by atoms with Gasteiger partial charge in [-0.05, 0) is 74.6 Å². The zero-order valence-corrected chi connectivity index (χ0v) is 18.9. The molecule has 0 unspecified atom stereocenters. The number of ether oxygens (including phenoxy) is 2. The van der Waals surface area contributed by atoms with E-state index in [1.54, 1.807) is 12.1 Å². The minimum atomic E-state index is -4.72. The lowest BCUT2D eigenvalue weighted by Gasteiger charge is -2.31. The molecule has 2 aromatic rings. The molecule has 1 fully saturated rings. The van der Waals surface area contributed by atoms with Crippen molar-refractivity contribution in [3.05, 3.63) is 65.7 Å². The van der Waals surface area contributed by atoms with Crippen LogP contribution in [0.1, 0.15) is 50.2 Å². The zero-order valence-electron chi connectivity index (χ0n) is 18.9. The zero-order chi connectivity index (χ0) is 23.8. The molecule has 3 rings (SSSR count). The quantitative estimate of drug-likeness (QED) is 0.525. The minimum Gasteiger partial charge on any atom is -0.461 e.